The van der Waals surface area contributed by atoms with Crippen LogP contribution in [0.2, 0.25) is 0 Å². The summed E-state index contributed by atoms with van der Waals surface area (Å²) < 4.78 is 12.6. The molecule has 1 unspecified atom stereocenters. The molecule has 0 aromatic carbocycles. The first-order valence-corrected chi connectivity index (χ1v) is 4.16. The van der Waals surface area contributed by atoms with Crippen LogP contribution < -0.4 is 11.5 Å². The van der Waals surface area contributed by atoms with Crippen LogP contribution in [0.3, 0.4) is 0 Å². The van der Waals surface area contributed by atoms with E-state index in [1.807, 2.05) is 0 Å². The second kappa shape index (κ2) is 5.49. The van der Waals surface area contributed by atoms with Gasteiger partial charge in [0.2, 0.25) is 0 Å². The predicted octanol–water partition coefficient (Wildman–Crippen LogP) is 1.05. The molecular weight excluding hydrogens is 143 g/mol. The van der Waals surface area contributed by atoms with E-state index in [1.54, 1.807) is 0 Å². The maximum absolute atomic E-state index is 12.6. The lowest BCUT2D eigenvalue weighted by atomic mass is 10.00. The van der Waals surface area contributed by atoms with Crippen LogP contribution in [0.15, 0.2) is 0 Å². The zero-order chi connectivity index (χ0) is 8.85. The summed E-state index contributed by atoms with van der Waals surface area (Å²) in [6.07, 6.45) is 0.346. The third kappa shape index (κ3) is 6.26. The van der Waals surface area contributed by atoms with E-state index < -0.39 is 6.17 Å². The van der Waals surface area contributed by atoms with Crippen molar-refractivity contribution < 1.29 is 4.39 Å². The first-order valence-electron chi connectivity index (χ1n) is 4.16. The maximum atomic E-state index is 12.6. The predicted molar refractivity (Wildman–Crippen MR) is 46.0 cm³/mol. The summed E-state index contributed by atoms with van der Waals surface area (Å²) >= 11 is 0. The fourth-order valence-electron chi connectivity index (χ4n) is 1.13. The van der Waals surface area contributed by atoms with Gasteiger partial charge in [0.05, 0.1) is 0 Å². The van der Waals surface area contributed by atoms with Gasteiger partial charge < -0.3 is 11.5 Å². The van der Waals surface area contributed by atoms with Crippen molar-refractivity contribution in [2.24, 2.45) is 17.4 Å². The highest BCUT2D eigenvalue weighted by molar-refractivity contribution is 4.69. The topological polar surface area (TPSA) is 52.0 Å². The average Bonchev–Trinajstić information content (AvgIpc) is 1.85. The van der Waals surface area contributed by atoms with Crippen LogP contribution in [-0.4, -0.2) is 18.8 Å². The first-order chi connectivity index (χ1) is 5.06. The molecule has 2 nitrogen and oxygen atoms in total. The third-order valence-electron chi connectivity index (χ3n) is 1.59. The van der Waals surface area contributed by atoms with Gasteiger partial charge in [0, 0.05) is 12.6 Å². The second-order valence-electron chi connectivity index (χ2n) is 3.46. The molecule has 3 heteroatoms. The van der Waals surface area contributed by atoms with Crippen LogP contribution in [0.25, 0.3) is 0 Å². The zero-order valence-electron chi connectivity index (χ0n) is 7.39. The highest BCUT2D eigenvalue weighted by Crippen LogP contribution is 2.08. The van der Waals surface area contributed by atoms with Gasteiger partial charge in [0.15, 0.2) is 0 Å². The van der Waals surface area contributed by atoms with Crippen LogP contribution in [0.5, 0.6) is 0 Å². The normalized spacial score (nSPS) is 16.9. The Hall–Kier alpha value is -0.150. The molecule has 0 fully saturated rings. The Morgan fingerprint density at radius 2 is 1.82 bits per heavy atom. The molecular formula is C8H19FN2. The molecule has 11 heavy (non-hydrogen) atoms. The number of hydrogen-bond donors (Lipinski definition) is 2. The summed E-state index contributed by atoms with van der Waals surface area (Å²) in [5.74, 6) is 0.537. The van der Waals surface area contributed by atoms with E-state index in [0.717, 1.165) is 6.42 Å². The van der Waals surface area contributed by atoms with Crippen molar-refractivity contribution in [2.45, 2.75) is 38.9 Å². The Morgan fingerprint density at radius 3 is 2.18 bits per heavy atom. The Balaban J connectivity index is 3.43. The number of nitrogens with two attached hydrogens (primary N) is 2. The molecule has 0 aliphatic rings. The molecule has 0 spiro atoms. The first kappa shape index (κ1) is 10.8. The molecule has 0 aromatic heterocycles. The van der Waals surface area contributed by atoms with E-state index in [2.05, 4.69) is 13.8 Å². The molecule has 0 aliphatic carbocycles. The number of halogens is 1. The SMILES string of the molecule is CC(C)C[C@H](N)CC(F)CN. The standard InChI is InChI=1S/C8H19FN2/c1-6(2)3-8(11)4-7(9)5-10/h6-8H,3-5,10-11H2,1-2H3/t7?,8-/m0/s1. The van der Waals surface area contributed by atoms with Gasteiger partial charge in [-0.2, -0.15) is 0 Å². The van der Waals surface area contributed by atoms with Gasteiger partial charge in [0.25, 0.3) is 0 Å². The molecule has 68 valence electrons. The molecule has 2 atom stereocenters. The molecule has 0 amide bonds. The van der Waals surface area contributed by atoms with Gasteiger partial charge in [0.1, 0.15) is 6.17 Å². The van der Waals surface area contributed by atoms with E-state index in [9.17, 15) is 4.39 Å². The molecule has 4 N–H and O–H groups in total. The van der Waals surface area contributed by atoms with Crippen molar-refractivity contribution in [3.05, 3.63) is 0 Å². The lowest BCUT2D eigenvalue weighted by molar-refractivity contribution is 0.289. The molecule has 0 radical (unpaired) electrons. The molecule has 0 rings (SSSR count). The Kier molecular flexibility index (Phi) is 5.42. The Morgan fingerprint density at radius 1 is 1.27 bits per heavy atom. The summed E-state index contributed by atoms with van der Waals surface area (Å²) in [5.41, 5.74) is 10.8. The molecule has 0 aromatic rings. The fourth-order valence-corrected chi connectivity index (χ4v) is 1.13. The Labute approximate surface area is 68.1 Å². The second-order valence-corrected chi connectivity index (χ2v) is 3.46. The number of alkyl halides is 1. The van der Waals surface area contributed by atoms with Gasteiger partial charge in [-0.1, -0.05) is 13.8 Å². The van der Waals surface area contributed by atoms with Crippen molar-refractivity contribution in [1.29, 1.82) is 0 Å². The molecule has 0 saturated carbocycles. The summed E-state index contributed by atoms with van der Waals surface area (Å²) in [7, 11) is 0. The Bertz CT molecular complexity index is 96.1. The van der Waals surface area contributed by atoms with Gasteiger partial charge in [-0.3, -0.25) is 0 Å². The van der Waals surface area contributed by atoms with Gasteiger partial charge in [-0.25, -0.2) is 4.39 Å². The largest absolute Gasteiger partial charge is 0.328 e. The lowest BCUT2D eigenvalue weighted by Crippen LogP contribution is -2.29. The molecule has 0 saturated heterocycles. The minimum absolute atomic E-state index is 0.0338. The fraction of sp³-hybridized carbons (Fsp3) is 1.00. The van der Waals surface area contributed by atoms with Crippen LogP contribution in [-0.2, 0) is 0 Å². The molecule has 0 heterocycles. The summed E-state index contributed by atoms with van der Waals surface area (Å²) in [6.45, 7) is 4.25. The average molecular weight is 162 g/mol. The monoisotopic (exact) mass is 162 g/mol. The van der Waals surface area contributed by atoms with Crippen molar-refractivity contribution >= 4 is 0 Å². The third-order valence-corrected chi connectivity index (χ3v) is 1.59. The van der Waals surface area contributed by atoms with E-state index in [4.69, 9.17) is 11.5 Å². The summed E-state index contributed by atoms with van der Waals surface area (Å²) in [4.78, 5) is 0. The molecule has 0 bridgehead atoms. The van der Waals surface area contributed by atoms with Gasteiger partial charge >= 0.3 is 0 Å². The zero-order valence-corrected chi connectivity index (χ0v) is 7.39. The minimum Gasteiger partial charge on any atom is -0.328 e. The van der Waals surface area contributed by atoms with E-state index >= 15 is 0 Å². The van der Waals surface area contributed by atoms with E-state index in [-0.39, 0.29) is 12.6 Å². The van der Waals surface area contributed by atoms with E-state index in [1.165, 1.54) is 0 Å². The smallest absolute Gasteiger partial charge is 0.114 e. The van der Waals surface area contributed by atoms with Crippen LogP contribution >= 0.6 is 0 Å². The highest BCUT2D eigenvalue weighted by atomic mass is 19.1. The van der Waals surface area contributed by atoms with Crippen molar-refractivity contribution in [3.63, 3.8) is 0 Å². The van der Waals surface area contributed by atoms with Crippen LogP contribution in [0.1, 0.15) is 26.7 Å². The lowest BCUT2D eigenvalue weighted by Gasteiger charge is -2.15. The summed E-state index contributed by atoms with van der Waals surface area (Å²) in [5, 5.41) is 0. The number of hydrogen-bond acceptors (Lipinski definition) is 2. The summed E-state index contributed by atoms with van der Waals surface area (Å²) in [6, 6.07) is -0.0338. The van der Waals surface area contributed by atoms with Crippen LogP contribution in [0, 0.1) is 5.92 Å². The van der Waals surface area contributed by atoms with Crippen LogP contribution in [0.4, 0.5) is 4.39 Å². The maximum Gasteiger partial charge on any atom is 0.114 e. The highest BCUT2D eigenvalue weighted by Gasteiger charge is 2.11. The van der Waals surface area contributed by atoms with Gasteiger partial charge in [-0.15, -0.1) is 0 Å². The van der Waals surface area contributed by atoms with Crippen molar-refractivity contribution in [3.8, 4) is 0 Å². The van der Waals surface area contributed by atoms with Crippen molar-refractivity contribution in [2.75, 3.05) is 6.54 Å². The quantitative estimate of drug-likeness (QED) is 0.634. The van der Waals surface area contributed by atoms with Crippen molar-refractivity contribution in [1.82, 2.24) is 0 Å². The number of rotatable bonds is 5. The van der Waals surface area contributed by atoms with Gasteiger partial charge in [-0.05, 0) is 18.8 Å². The van der Waals surface area contributed by atoms with E-state index in [0.29, 0.717) is 12.3 Å². The minimum atomic E-state index is -0.927. The molecule has 0 aliphatic heterocycles.